The van der Waals surface area contributed by atoms with Crippen LogP contribution < -0.4 is 4.74 Å². The number of alkyl halides is 3. The third kappa shape index (κ3) is 7.21. The molecule has 11 heteroatoms. The predicted molar refractivity (Wildman–Crippen MR) is 150 cm³/mol. The molecule has 0 unspecified atom stereocenters. The molecular weight excluding hydrogens is 565 g/mol. The van der Waals surface area contributed by atoms with E-state index >= 15 is 0 Å². The number of aliphatic hydroxyl groups excluding tert-OH is 1. The summed E-state index contributed by atoms with van der Waals surface area (Å²) in [6, 6.07) is 10.7. The Morgan fingerprint density at radius 3 is 2.65 bits per heavy atom. The second-order valence-electron chi connectivity index (χ2n) is 10.1. The van der Waals surface area contributed by atoms with Crippen LogP contribution in [-0.4, -0.2) is 58.6 Å². The highest BCUT2D eigenvalue weighted by Gasteiger charge is 2.41. The van der Waals surface area contributed by atoms with E-state index in [0.29, 0.717) is 70.2 Å². The number of carboxylic acids is 1. The van der Waals surface area contributed by atoms with E-state index in [9.17, 15) is 28.2 Å². The molecule has 6 nitrogen and oxygen atoms in total. The summed E-state index contributed by atoms with van der Waals surface area (Å²) in [5.74, 6) is 0.402. The molecule has 1 aromatic heterocycles. The molecular formula is C29H32ClF3N2O4S. The fraction of sp³-hybridized carbons (Fsp3) is 0.448. The van der Waals surface area contributed by atoms with Crippen LogP contribution in [0.3, 0.4) is 0 Å². The molecule has 1 atom stereocenters. The van der Waals surface area contributed by atoms with Crippen molar-refractivity contribution in [1.82, 2.24) is 9.88 Å². The first kappa shape index (κ1) is 30.4. The van der Waals surface area contributed by atoms with Crippen LogP contribution in [-0.2, 0) is 11.0 Å². The number of halogens is 4. The van der Waals surface area contributed by atoms with Crippen LogP contribution in [0.5, 0.6) is 5.75 Å². The number of carbonyl (C=O) groups is 1. The first-order valence-corrected chi connectivity index (χ1v) is 14.4. The zero-order valence-electron chi connectivity index (χ0n) is 22.1. The van der Waals surface area contributed by atoms with Gasteiger partial charge in [0.2, 0.25) is 0 Å². The summed E-state index contributed by atoms with van der Waals surface area (Å²) in [6.45, 7) is 1.95. The summed E-state index contributed by atoms with van der Waals surface area (Å²) in [6.07, 6.45) is -1.62. The van der Waals surface area contributed by atoms with Gasteiger partial charge in [-0.05, 0) is 93.9 Å². The third-order valence-corrected chi connectivity index (χ3v) is 8.99. The number of piperidine rings is 1. The van der Waals surface area contributed by atoms with Crippen LogP contribution in [0.15, 0.2) is 53.6 Å². The number of fused-ring (bicyclic) bond motifs is 1. The monoisotopic (exact) mass is 596 g/mol. The molecule has 2 N–H and O–H groups in total. The zero-order valence-corrected chi connectivity index (χ0v) is 23.7. The number of ether oxygens (including phenoxy) is 1. The van der Waals surface area contributed by atoms with Gasteiger partial charge in [0.15, 0.2) is 0 Å². The van der Waals surface area contributed by atoms with Crippen molar-refractivity contribution in [3.05, 3.63) is 64.8 Å². The number of hydrogen-bond acceptors (Lipinski definition) is 6. The Balaban J connectivity index is 1.31. The van der Waals surface area contributed by atoms with Crippen LogP contribution in [0, 0.1) is 5.41 Å². The van der Waals surface area contributed by atoms with Crippen LogP contribution in [0.4, 0.5) is 13.2 Å². The molecule has 0 saturated carbocycles. The number of pyridine rings is 1. The lowest BCUT2D eigenvalue weighted by atomic mass is 9.74. The Bertz CT molecular complexity index is 1330. The number of carboxylic acid groups (broad SMARTS) is 1. The van der Waals surface area contributed by atoms with Crippen LogP contribution in [0.1, 0.15) is 49.3 Å². The van der Waals surface area contributed by atoms with Crippen molar-refractivity contribution in [3.8, 4) is 5.75 Å². The predicted octanol–water partition coefficient (Wildman–Crippen LogP) is 7.08. The highest BCUT2D eigenvalue weighted by molar-refractivity contribution is 7.99. The maximum absolute atomic E-state index is 12.9. The molecule has 4 rings (SSSR count). The molecule has 1 saturated heterocycles. The Morgan fingerprint density at radius 2 is 1.98 bits per heavy atom. The van der Waals surface area contributed by atoms with E-state index in [1.165, 1.54) is 30.1 Å². The maximum Gasteiger partial charge on any atom is 0.416 e. The number of aromatic nitrogens is 1. The van der Waals surface area contributed by atoms with Crippen molar-refractivity contribution in [2.24, 2.45) is 5.41 Å². The lowest BCUT2D eigenvalue weighted by Crippen LogP contribution is -2.44. The van der Waals surface area contributed by atoms with E-state index < -0.39 is 29.2 Å². The van der Waals surface area contributed by atoms with Crippen molar-refractivity contribution in [2.75, 3.05) is 32.5 Å². The number of aliphatic hydroxyl groups is 1. The minimum Gasteiger partial charge on any atom is -0.497 e. The molecule has 1 aliphatic heterocycles. The number of methoxy groups -OCH3 is 1. The number of thioether (sulfide) groups is 1. The van der Waals surface area contributed by atoms with Crippen LogP contribution in [0.2, 0.25) is 5.02 Å². The van der Waals surface area contributed by atoms with E-state index in [4.69, 9.17) is 16.3 Å². The summed E-state index contributed by atoms with van der Waals surface area (Å²) in [7, 11) is 1.55. The van der Waals surface area contributed by atoms with Crippen molar-refractivity contribution in [3.63, 3.8) is 0 Å². The highest BCUT2D eigenvalue weighted by Crippen LogP contribution is 2.41. The number of rotatable bonds is 11. The van der Waals surface area contributed by atoms with Gasteiger partial charge in [0, 0.05) is 22.0 Å². The van der Waals surface area contributed by atoms with Crippen molar-refractivity contribution in [1.29, 1.82) is 0 Å². The summed E-state index contributed by atoms with van der Waals surface area (Å²) in [5.41, 5.74) is -0.423. The van der Waals surface area contributed by atoms with E-state index in [1.54, 1.807) is 31.4 Å². The van der Waals surface area contributed by atoms with Crippen LogP contribution >= 0.6 is 23.4 Å². The number of nitrogens with zero attached hydrogens (tertiary/aromatic N) is 2. The molecule has 0 amide bonds. The van der Waals surface area contributed by atoms with Gasteiger partial charge in [-0.3, -0.25) is 9.78 Å². The molecule has 40 heavy (non-hydrogen) atoms. The minimum absolute atomic E-state index is 0.232. The molecule has 2 aromatic carbocycles. The summed E-state index contributed by atoms with van der Waals surface area (Å²) >= 11 is 7.81. The van der Waals surface area contributed by atoms with Crippen molar-refractivity contribution < 1.29 is 32.9 Å². The van der Waals surface area contributed by atoms with Gasteiger partial charge in [0.25, 0.3) is 0 Å². The highest BCUT2D eigenvalue weighted by atomic mass is 35.5. The van der Waals surface area contributed by atoms with Gasteiger partial charge in [0.05, 0.1) is 34.7 Å². The minimum atomic E-state index is -4.36. The number of benzene rings is 2. The average molecular weight is 597 g/mol. The summed E-state index contributed by atoms with van der Waals surface area (Å²) in [5, 5.41) is 22.2. The van der Waals surface area contributed by atoms with E-state index in [2.05, 4.69) is 9.88 Å². The molecule has 0 aliphatic carbocycles. The van der Waals surface area contributed by atoms with Gasteiger partial charge in [-0.1, -0.05) is 17.7 Å². The Morgan fingerprint density at radius 1 is 1.23 bits per heavy atom. The smallest absolute Gasteiger partial charge is 0.416 e. The van der Waals surface area contributed by atoms with Gasteiger partial charge < -0.3 is 19.8 Å². The van der Waals surface area contributed by atoms with Crippen molar-refractivity contribution >= 4 is 40.2 Å². The lowest BCUT2D eigenvalue weighted by molar-refractivity contribution is -0.153. The molecule has 0 spiro atoms. The SMILES string of the molecule is COc1ccc2ncc(Cl)c([C@H](O)CCC3(C(=O)O)CCN(CCCSc4cccc(C(F)(F)F)c4)CC3)c2c1. The third-order valence-electron chi connectivity index (χ3n) is 7.61. The molecule has 1 fully saturated rings. The normalized spacial score (nSPS) is 16.6. The van der Waals surface area contributed by atoms with Gasteiger partial charge >= 0.3 is 12.1 Å². The van der Waals surface area contributed by atoms with Gasteiger partial charge in [-0.2, -0.15) is 13.2 Å². The standard InChI is InChI=1S/C29H32ClF3N2O4S/c1-39-20-6-7-24-22(17-20)26(23(30)18-34-24)25(36)8-9-28(27(37)38)10-13-35(14-11-28)12-3-15-40-21-5-2-4-19(16-21)29(31,32)33/h2,4-7,16-18,25,36H,3,8-15H2,1H3,(H,37,38)/t25-/m1/s1. The number of likely N-dealkylation sites (tertiary alicyclic amines) is 1. The van der Waals surface area contributed by atoms with Crippen LogP contribution in [0.25, 0.3) is 10.9 Å². The summed E-state index contributed by atoms with van der Waals surface area (Å²) in [4.78, 5) is 19.5. The Hall–Kier alpha value is -2.53. The van der Waals surface area contributed by atoms with E-state index in [1.807, 2.05) is 0 Å². The molecule has 2 heterocycles. The first-order valence-electron chi connectivity index (χ1n) is 13.1. The molecule has 1 aliphatic rings. The Kier molecular flexibility index (Phi) is 9.87. The fourth-order valence-corrected chi connectivity index (χ4v) is 6.38. The van der Waals surface area contributed by atoms with Gasteiger partial charge in [-0.25, -0.2) is 0 Å². The lowest BCUT2D eigenvalue weighted by Gasteiger charge is -2.39. The van der Waals surface area contributed by atoms with E-state index in [0.717, 1.165) is 19.0 Å². The molecule has 3 aromatic rings. The largest absolute Gasteiger partial charge is 0.497 e. The molecule has 0 bridgehead atoms. The van der Waals surface area contributed by atoms with E-state index in [-0.39, 0.29) is 6.42 Å². The molecule has 216 valence electrons. The second-order valence-corrected chi connectivity index (χ2v) is 11.7. The quantitative estimate of drug-likeness (QED) is 0.181. The van der Waals surface area contributed by atoms with Crippen molar-refractivity contribution in [2.45, 2.75) is 49.3 Å². The fourth-order valence-electron chi connectivity index (χ4n) is 5.21. The topological polar surface area (TPSA) is 82.9 Å². The molecule has 0 radical (unpaired) electrons. The zero-order chi connectivity index (χ0) is 28.9. The number of aliphatic carboxylic acids is 1. The summed E-state index contributed by atoms with van der Waals surface area (Å²) < 4.78 is 44.1. The average Bonchev–Trinajstić information content (AvgIpc) is 2.94. The maximum atomic E-state index is 12.9. The first-order chi connectivity index (χ1) is 19.0. The number of hydrogen-bond donors (Lipinski definition) is 2. The van der Waals surface area contributed by atoms with Gasteiger partial charge in [0.1, 0.15) is 5.75 Å². The second kappa shape index (κ2) is 13.0. The van der Waals surface area contributed by atoms with Gasteiger partial charge in [-0.15, -0.1) is 11.8 Å². The Labute approximate surface area is 240 Å².